The van der Waals surface area contributed by atoms with E-state index < -0.39 is 43.8 Å². The molecule has 2 atom stereocenters. The molecular formula is C24H27FN2O7S2. The zero-order valence-electron chi connectivity index (χ0n) is 20.2. The summed E-state index contributed by atoms with van der Waals surface area (Å²) < 4.78 is 75.8. The molecule has 1 aromatic heterocycles. The fourth-order valence-corrected chi connectivity index (χ4v) is 6.00. The number of halogens is 1. The zero-order chi connectivity index (χ0) is 26.4. The number of rotatable bonds is 6. The molecule has 2 heterocycles. The third-order valence-electron chi connectivity index (χ3n) is 6.08. The number of sulfone groups is 1. The van der Waals surface area contributed by atoms with Gasteiger partial charge in [0.05, 0.1) is 42.0 Å². The molecule has 2 unspecified atom stereocenters. The largest absolute Gasteiger partial charge is 0.455 e. The van der Waals surface area contributed by atoms with Gasteiger partial charge >= 0.3 is 0 Å². The Hall–Kier alpha value is -2.96. The Morgan fingerprint density at radius 2 is 1.81 bits per heavy atom. The molecule has 4 rings (SSSR count). The number of sulfonamides is 1. The SMILES string of the molecule is CNC(=O)c1c(-c2ccc(F)cc2)oc2cc3c(cc12)C(C)OC(CCS(C)(=O)=O)CN3S(C)(=O)=O. The number of hydrogen-bond donors (Lipinski definition) is 1. The van der Waals surface area contributed by atoms with E-state index in [1.165, 1.54) is 35.6 Å². The molecule has 194 valence electrons. The van der Waals surface area contributed by atoms with Crippen LogP contribution in [-0.4, -0.2) is 60.7 Å². The van der Waals surface area contributed by atoms with E-state index in [-0.39, 0.29) is 35.6 Å². The number of fused-ring (bicyclic) bond motifs is 2. The van der Waals surface area contributed by atoms with Gasteiger partial charge in [0.2, 0.25) is 10.0 Å². The fourth-order valence-electron chi connectivity index (χ4n) is 4.35. The second-order valence-corrected chi connectivity index (χ2v) is 13.1. The molecule has 2 aromatic carbocycles. The minimum atomic E-state index is -3.78. The number of ether oxygens (including phenoxy) is 1. The summed E-state index contributed by atoms with van der Waals surface area (Å²) >= 11 is 0. The van der Waals surface area contributed by atoms with E-state index in [1.54, 1.807) is 19.1 Å². The molecule has 0 aliphatic carbocycles. The molecule has 36 heavy (non-hydrogen) atoms. The normalized spacial score (nSPS) is 18.6. The van der Waals surface area contributed by atoms with Crippen molar-refractivity contribution in [1.82, 2.24) is 5.32 Å². The number of hydrogen-bond acceptors (Lipinski definition) is 7. The number of anilines is 1. The summed E-state index contributed by atoms with van der Waals surface area (Å²) in [5.74, 6) is -0.804. The average Bonchev–Trinajstić information content (AvgIpc) is 3.09. The lowest BCUT2D eigenvalue weighted by Crippen LogP contribution is -2.37. The van der Waals surface area contributed by atoms with Gasteiger partial charge in [-0.05, 0) is 43.7 Å². The van der Waals surface area contributed by atoms with E-state index >= 15 is 0 Å². The Bertz CT molecular complexity index is 1530. The molecule has 9 nitrogen and oxygen atoms in total. The maximum absolute atomic E-state index is 13.5. The Labute approximate surface area is 209 Å². The lowest BCUT2D eigenvalue weighted by molar-refractivity contribution is 0.00536. The van der Waals surface area contributed by atoms with Gasteiger partial charge in [0.25, 0.3) is 5.91 Å². The molecule has 0 bridgehead atoms. The number of benzene rings is 2. The minimum Gasteiger partial charge on any atom is -0.455 e. The Balaban J connectivity index is 1.91. The number of amides is 1. The molecule has 3 aromatic rings. The highest BCUT2D eigenvalue weighted by atomic mass is 32.2. The summed E-state index contributed by atoms with van der Waals surface area (Å²) in [7, 11) is -5.59. The van der Waals surface area contributed by atoms with Crippen LogP contribution in [0.1, 0.15) is 35.4 Å². The standard InChI is InChI=1S/C24H27FN2O7S2/c1-14-18-11-19-21(34-23(22(19)24(28)26-2)15-5-7-16(25)8-6-15)12-20(18)27(36(4,31)32)13-17(33-14)9-10-35(3,29)30/h5-8,11-12,14,17H,9-10,13H2,1-4H3,(H,26,28). The van der Waals surface area contributed by atoms with Gasteiger partial charge in [-0.25, -0.2) is 21.2 Å². The quantitative estimate of drug-likeness (QED) is 0.511. The topological polar surface area (TPSA) is 123 Å². The summed E-state index contributed by atoms with van der Waals surface area (Å²) in [5.41, 5.74) is 1.79. The maximum atomic E-state index is 13.5. The summed E-state index contributed by atoms with van der Waals surface area (Å²) in [6.45, 7) is 1.66. The van der Waals surface area contributed by atoms with Crippen molar-refractivity contribution in [2.45, 2.75) is 25.6 Å². The summed E-state index contributed by atoms with van der Waals surface area (Å²) in [5, 5.41) is 3.02. The summed E-state index contributed by atoms with van der Waals surface area (Å²) in [6, 6.07) is 8.70. The first-order valence-electron chi connectivity index (χ1n) is 11.2. The molecule has 0 saturated heterocycles. The van der Waals surface area contributed by atoms with Crippen molar-refractivity contribution in [2.75, 3.05) is 36.2 Å². The third kappa shape index (κ3) is 5.25. The van der Waals surface area contributed by atoms with Crippen LogP contribution in [0.4, 0.5) is 10.1 Å². The van der Waals surface area contributed by atoms with Gasteiger partial charge < -0.3 is 14.5 Å². The molecule has 1 N–H and O–H groups in total. The van der Waals surface area contributed by atoms with Crippen LogP contribution in [0, 0.1) is 5.82 Å². The van der Waals surface area contributed by atoms with E-state index in [2.05, 4.69) is 5.32 Å². The highest BCUT2D eigenvalue weighted by molar-refractivity contribution is 7.92. The van der Waals surface area contributed by atoms with Gasteiger partial charge in [0, 0.05) is 35.9 Å². The van der Waals surface area contributed by atoms with Gasteiger partial charge in [0.15, 0.2) is 0 Å². The monoisotopic (exact) mass is 538 g/mol. The van der Waals surface area contributed by atoms with E-state index in [0.717, 1.165) is 12.5 Å². The van der Waals surface area contributed by atoms with E-state index in [0.29, 0.717) is 22.2 Å². The van der Waals surface area contributed by atoms with Gasteiger partial charge in [-0.15, -0.1) is 0 Å². The van der Waals surface area contributed by atoms with Crippen LogP contribution in [0.25, 0.3) is 22.3 Å². The first-order valence-corrected chi connectivity index (χ1v) is 15.1. The van der Waals surface area contributed by atoms with Crippen molar-refractivity contribution in [1.29, 1.82) is 0 Å². The molecular weight excluding hydrogens is 511 g/mol. The van der Waals surface area contributed by atoms with Crippen molar-refractivity contribution < 1.29 is 35.2 Å². The smallest absolute Gasteiger partial charge is 0.255 e. The molecule has 1 aliphatic heterocycles. The van der Waals surface area contributed by atoms with Crippen molar-refractivity contribution in [3.63, 3.8) is 0 Å². The Morgan fingerprint density at radius 1 is 1.14 bits per heavy atom. The van der Waals surface area contributed by atoms with Crippen molar-refractivity contribution in [2.24, 2.45) is 0 Å². The molecule has 1 aliphatic rings. The lowest BCUT2D eigenvalue weighted by atomic mass is 10.0. The molecule has 0 radical (unpaired) electrons. The molecule has 0 saturated carbocycles. The van der Waals surface area contributed by atoms with Crippen molar-refractivity contribution in [3.05, 3.63) is 53.3 Å². The van der Waals surface area contributed by atoms with Gasteiger partial charge in [-0.1, -0.05) is 0 Å². The van der Waals surface area contributed by atoms with Gasteiger partial charge in [-0.3, -0.25) is 9.10 Å². The molecule has 0 spiro atoms. The van der Waals surface area contributed by atoms with Crippen LogP contribution >= 0.6 is 0 Å². The molecule has 0 fully saturated rings. The van der Waals surface area contributed by atoms with Crippen molar-refractivity contribution in [3.8, 4) is 11.3 Å². The Morgan fingerprint density at radius 3 is 2.39 bits per heavy atom. The number of nitrogens with one attached hydrogen (secondary N) is 1. The predicted molar refractivity (Wildman–Crippen MR) is 135 cm³/mol. The fraction of sp³-hybridized carbons (Fsp3) is 0.375. The highest BCUT2D eigenvalue weighted by Crippen LogP contribution is 2.42. The minimum absolute atomic E-state index is 0.0783. The maximum Gasteiger partial charge on any atom is 0.255 e. The van der Waals surface area contributed by atoms with Crippen LogP contribution in [0.15, 0.2) is 40.8 Å². The number of carbonyl (C=O) groups is 1. The van der Waals surface area contributed by atoms with Crippen LogP contribution in [-0.2, 0) is 24.6 Å². The predicted octanol–water partition coefficient (Wildman–Crippen LogP) is 3.26. The second kappa shape index (κ2) is 9.49. The average molecular weight is 539 g/mol. The second-order valence-electron chi connectivity index (χ2n) is 8.91. The van der Waals surface area contributed by atoms with E-state index in [1.807, 2.05) is 0 Å². The number of carbonyl (C=O) groups excluding carboxylic acids is 1. The lowest BCUT2D eigenvalue weighted by Gasteiger charge is -2.24. The summed E-state index contributed by atoms with van der Waals surface area (Å²) in [4.78, 5) is 12.9. The highest BCUT2D eigenvalue weighted by Gasteiger charge is 2.34. The van der Waals surface area contributed by atoms with E-state index in [9.17, 15) is 26.0 Å². The first kappa shape index (κ1) is 26.1. The number of nitrogens with zero attached hydrogens (tertiary/aromatic N) is 1. The third-order valence-corrected chi connectivity index (χ3v) is 8.21. The Kier molecular flexibility index (Phi) is 6.88. The van der Waals surface area contributed by atoms with Gasteiger partial charge in [0.1, 0.15) is 27.0 Å². The van der Waals surface area contributed by atoms with Crippen LogP contribution in [0.3, 0.4) is 0 Å². The molecule has 12 heteroatoms. The number of furan rings is 1. The van der Waals surface area contributed by atoms with Crippen LogP contribution in [0.5, 0.6) is 0 Å². The van der Waals surface area contributed by atoms with Gasteiger partial charge in [-0.2, -0.15) is 0 Å². The molecule has 1 amide bonds. The van der Waals surface area contributed by atoms with Crippen LogP contribution < -0.4 is 9.62 Å². The summed E-state index contributed by atoms with van der Waals surface area (Å²) in [6.07, 6.45) is 1.02. The van der Waals surface area contributed by atoms with Crippen molar-refractivity contribution >= 4 is 42.4 Å². The first-order chi connectivity index (χ1) is 16.8. The zero-order valence-corrected chi connectivity index (χ0v) is 21.9. The van der Waals surface area contributed by atoms with E-state index in [4.69, 9.17) is 9.15 Å². The van der Waals surface area contributed by atoms with Crippen LogP contribution in [0.2, 0.25) is 0 Å².